The van der Waals surface area contributed by atoms with E-state index in [4.69, 9.17) is 4.74 Å². The van der Waals surface area contributed by atoms with Crippen LogP contribution in [0.25, 0.3) is 0 Å². The van der Waals surface area contributed by atoms with Crippen LogP contribution in [0, 0.1) is 5.92 Å². The smallest absolute Gasteiger partial charge is 0.305 e. The Balaban J connectivity index is 3.87. The first-order chi connectivity index (χ1) is 6.51. The first kappa shape index (κ1) is 13.1. The molecule has 0 saturated heterocycles. The Morgan fingerprint density at radius 3 is 2.14 bits per heavy atom. The average molecular weight is 200 g/mol. The summed E-state index contributed by atoms with van der Waals surface area (Å²) in [6, 6.07) is 0. The summed E-state index contributed by atoms with van der Waals surface area (Å²) < 4.78 is 5.07. The van der Waals surface area contributed by atoms with E-state index < -0.39 is 0 Å². The highest BCUT2D eigenvalue weighted by atomic mass is 16.5. The summed E-state index contributed by atoms with van der Waals surface area (Å²) in [5, 5.41) is 0. The molecular formula is C11H20O3. The van der Waals surface area contributed by atoms with Gasteiger partial charge in [-0.3, -0.25) is 9.59 Å². The van der Waals surface area contributed by atoms with Crippen LogP contribution in [0.15, 0.2) is 0 Å². The maximum atomic E-state index is 11.3. The second kappa shape index (κ2) is 6.57. The van der Waals surface area contributed by atoms with Gasteiger partial charge in [0.2, 0.25) is 0 Å². The van der Waals surface area contributed by atoms with E-state index in [1.165, 1.54) is 0 Å². The van der Waals surface area contributed by atoms with Gasteiger partial charge in [-0.05, 0) is 13.3 Å². The Hall–Kier alpha value is -0.860. The van der Waals surface area contributed by atoms with Crippen molar-refractivity contribution < 1.29 is 14.3 Å². The summed E-state index contributed by atoms with van der Waals surface area (Å²) in [4.78, 5) is 22.2. The molecule has 2 unspecified atom stereocenters. The first-order valence-corrected chi connectivity index (χ1v) is 5.23. The fourth-order valence-electron chi connectivity index (χ4n) is 1.33. The van der Waals surface area contributed by atoms with E-state index in [1.54, 1.807) is 6.92 Å². The molecule has 0 amide bonds. The van der Waals surface area contributed by atoms with Crippen molar-refractivity contribution in [3.63, 3.8) is 0 Å². The van der Waals surface area contributed by atoms with Crippen LogP contribution >= 0.6 is 0 Å². The fraction of sp³-hybridized carbons (Fsp3) is 0.818. The molecule has 2 atom stereocenters. The third-order valence-corrected chi connectivity index (χ3v) is 2.20. The van der Waals surface area contributed by atoms with Crippen LogP contribution in [0.5, 0.6) is 0 Å². The minimum absolute atomic E-state index is 0.0142. The summed E-state index contributed by atoms with van der Waals surface area (Å²) >= 11 is 0. The number of rotatable bonds is 6. The van der Waals surface area contributed by atoms with E-state index in [0.717, 1.165) is 0 Å². The quantitative estimate of drug-likeness (QED) is 0.618. The van der Waals surface area contributed by atoms with E-state index >= 15 is 0 Å². The van der Waals surface area contributed by atoms with Crippen molar-refractivity contribution in [2.24, 2.45) is 5.92 Å². The number of Topliss-reactive ketones (excluding diaryl/α,β-unsaturated/α-hetero) is 1. The average Bonchev–Trinajstić information content (AvgIpc) is 2.15. The molecule has 0 heterocycles. The number of carbonyl (C=O) groups excluding carboxylic acids is 2. The molecule has 0 radical (unpaired) electrons. The molecule has 0 aromatic heterocycles. The Morgan fingerprint density at radius 2 is 1.71 bits per heavy atom. The molecule has 0 aliphatic heterocycles. The molecule has 0 aliphatic carbocycles. The van der Waals surface area contributed by atoms with Crippen molar-refractivity contribution in [1.29, 1.82) is 0 Å². The van der Waals surface area contributed by atoms with Crippen LogP contribution in [-0.2, 0) is 14.3 Å². The molecule has 82 valence electrons. The number of hydrogen-bond donors (Lipinski definition) is 0. The zero-order chi connectivity index (χ0) is 11.1. The molecule has 0 bridgehead atoms. The van der Waals surface area contributed by atoms with Crippen LogP contribution in [0.4, 0.5) is 0 Å². The Kier molecular flexibility index (Phi) is 6.17. The van der Waals surface area contributed by atoms with Crippen molar-refractivity contribution >= 4 is 11.8 Å². The van der Waals surface area contributed by atoms with E-state index in [2.05, 4.69) is 0 Å². The van der Waals surface area contributed by atoms with Gasteiger partial charge in [0.1, 0.15) is 5.78 Å². The van der Waals surface area contributed by atoms with Crippen LogP contribution in [0.1, 0.15) is 47.0 Å². The molecule has 14 heavy (non-hydrogen) atoms. The number of esters is 1. The fourth-order valence-corrected chi connectivity index (χ4v) is 1.33. The number of hydrogen-bond acceptors (Lipinski definition) is 3. The molecule has 0 fully saturated rings. The second-order valence-electron chi connectivity index (χ2n) is 3.61. The second-order valence-corrected chi connectivity index (χ2v) is 3.61. The highest BCUT2D eigenvalue weighted by molar-refractivity contribution is 5.80. The van der Waals surface area contributed by atoms with Gasteiger partial charge >= 0.3 is 5.97 Å². The molecule has 0 aliphatic rings. The highest BCUT2D eigenvalue weighted by Gasteiger charge is 2.16. The number of ketones is 1. The van der Waals surface area contributed by atoms with Crippen LogP contribution in [0.3, 0.4) is 0 Å². The predicted octanol–water partition coefficient (Wildman–Crippen LogP) is 2.33. The third-order valence-electron chi connectivity index (χ3n) is 2.20. The zero-order valence-electron chi connectivity index (χ0n) is 9.50. The van der Waals surface area contributed by atoms with Crippen LogP contribution in [-0.4, -0.2) is 17.9 Å². The Morgan fingerprint density at radius 1 is 1.14 bits per heavy atom. The van der Waals surface area contributed by atoms with Crippen molar-refractivity contribution in [3.8, 4) is 0 Å². The third kappa shape index (κ3) is 5.00. The summed E-state index contributed by atoms with van der Waals surface area (Å²) in [6.07, 6.45) is 1.40. The molecule has 0 aromatic rings. The van der Waals surface area contributed by atoms with Gasteiger partial charge in [0, 0.05) is 18.8 Å². The molecule has 3 nitrogen and oxygen atoms in total. The highest BCUT2D eigenvalue weighted by Crippen LogP contribution is 2.12. The predicted molar refractivity (Wildman–Crippen MR) is 54.9 cm³/mol. The lowest BCUT2D eigenvalue weighted by molar-refractivity contribution is -0.149. The molecule has 0 N–H and O–H groups in total. The maximum Gasteiger partial charge on any atom is 0.305 e. The topological polar surface area (TPSA) is 43.4 Å². The van der Waals surface area contributed by atoms with Gasteiger partial charge in [0.15, 0.2) is 0 Å². The molecule has 0 aromatic carbocycles. The van der Waals surface area contributed by atoms with Gasteiger partial charge in [-0.15, -0.1) is 0 Å². The van der Waals surface area contributed by atoms with E-state index in [1.807, 2.05) is 20.8 Å². The van der Waals surface area contributed by atoms with Gasteiger partial charge in [-0.2, -0.15) is 0 Å². The summed E-state index contributed by atoms with van der Waals surface area (Å²) in [5.41, 5.74) is 0. The number of ether oxygens (including phenoxy) is 1. The Labute approximate surface area is 85.8 Å². The summed E-state index contributed by atoms with van der Waals surface area (Å²) in [5.74, 6) is 0.0118. The minimum Gasteiger partial charge on any atom is -0.463 e. The van der Waals surface area contributed by atoms with Crippen LogP contribution in [0.2, 0.25) is 0 Å². The van der Waals surface area contributed by atoms with Gasteiger partial charge in [0.25, 0.3) is 0 Å². The standard InChI is InChI=1S/C11H20O3/c1-5-10(12)8(3)7-9(4)14-11(13)6-2/h8-9H,5-7H2,1-4H3. The molecule has 0 spiro atoms. The SMILES string of the molecule is CCC(=O)OC(C)CC(C)C(=O)CC. The minimum atomic E-state index is -0.200. The van der Waals surface area contributed by atoms with Crippen molar-refractivity contribution in [2.45, 2.75) is 53.1 Å². The Bertz CT molecular complexity index is 199. The van der Waals surface area contributed by atoms with Gasteiger partial charge < -0.3 is 4.74 Å². The van der Waals surface area contributed by atoms with E-state index in [-0.39, 0.29) is 23.8 Å². The molecule has 0 rings (SSSR count). The molecule has 3 heteroatoms. The van der Waals surface area contributed by atoms with Gasteiger partial charge in [-0.25, -0.2) is 0 Å². The largest absolute Gasteiger partial charge is 0.463 e. The normalized spacial score (nSPS) is 14.6. The summed E-state index contributed by atoms with van der Waals surface area (Å²) in [7, 11) is 0. The lowest BCUT2D eigenvalue weighted by atomic mass is 9.98. The molecule has 0 saturated carbocycles. The van der Waals surface area contributed by atoms with E-state index in [0.29, 0.717) is 19.3 Å². The van der Waals surface area contributed by atoms with Gasteiger partial charge in [0.05, 0.1) is 6.10 Å². The number of carbonyl (C=O) groups is 2. The van der Waals surface area contributed by atoms with Gasteiger partial charge in [-0.1, -0.05) is 20.8 Å². The molecular weight excluding hydrogens is 180 g/mol. The van der Waals surface area contributed by atoms with Crippen molar-refractivity contribution in [2.75, 3.05) is 0 Å². The summed E-state index contributed by atoms with van der Waals surface area (Å²) in [6.45, 7) is 7.31. The van der Waals surface area contributed by atoms with E-state index in [9.17, 15) is 9.59 Å². The lowest BCUT2D eigenvalue weighted by Crippen LogP contribution is -2.20. The van der Waals surface area contributed by atoms with Crippen molar-refractivity contribution in [1.82, 2.24) is 0 Å². The zero-order valence-corrected chi connectivity index (χ0v) is 9.50. The van der Waals surface area contributed by atoms with Crippen LogP contribution < -0.4 is 0 Å². The lowest BCUT2D eigenvalue weighted by Gasteiger charge is -2.16. The monoisotopic (exact) mass is 200 g/mol. The maximum absolute atomic E-state index is 11.3. The van der Waals surface area contributed by atoms with Crippen molar-refractivity contribution in [3.05, 3.63) is 0 Å². The first-order valence-electron chi connectivity index (χ1n) is 5.23.